The van der Waals surface area contributed by atoms with E-state index in [2.05, 4.69) is 46.3 Å². The van der Waals surface area contributed by atoms with E-state index < -0.39 is 0 Å². The van der Waals surface area contributed by atoms with Gasteiger partial charge in [-0.3, -0.25) is 0 Å². The summed E-state index contributed by atoms with van der Waals surface area (Å²) in [5, 5.41) is 6.86. The summed E-state index contributed by atoms with van der Waals surface area (Å²) in [5.74, 6) is 1.71. The van der Waals surface area contributed by atoms with Crippen LogP contribution >= 0.6 is 0 Å². The van der Waals surface area contributed by atoms with Gasteiger partial charge in [-0.15, -0.1) is 0 Å². The summed E-state index contributed by atoms with van der Waals surface area (Å²) >= 11 is 0. The zero-order valence-corrected chi connectivity index (χ0v) is 13.7. The van der Waals surface area contributed by atoms with Gasteiger partial charge in [-0.25, -0.2) is 4.98 Å². The minimum atomic E-state index is 0.533. The third-order valence-corrected chi connectivity index (χ3v) is 3.97. The first-order valence-corrected chi connectivity index (χ1v) is 8.29. The highest BCUT2D eigenvalue weighted by Crippen LogP contribution is 2.19. The Morgan fingerprint density at radius 3 is 2.67 bits per heavy atom. The quantitative estimate of drug-likeness (QED) is 0.809. The van der Waals surface area contributed by atoms with Gasteiger partial charge in [0.25, 0.3) is 0 Å². The van der Waals surface area contributed by atoms with Crippen molar-refractivity contribution >= 4 is 11.8 Å². The number of nitrogens with zero attached hydrogens (tertiary/aromatic N) is 3. The maximum Gasteiger partial charge on any atom is 0.224 e. The number of anilines is 2. The number of aryl methyl sites for hydroxylation is 1. The normalized spacial score (nSPS) is 16.9. The van der Waals surface area contributed by atoms with Crippen LogP contribution in [0.4, 0.5) is 11.8 Å². The molecule has 0 unspecified atom stereocenters. The zero-order valence-electron chi connectivity index (χ0n) is 13.7. The average Bonchev–Trinajstić information content (AvgIpc) is 2.50. The van der Waals surface area contributed by atoms with Crippen LogP contribution in [0.3, 0.4) is 0 Å². The molecule has 0 saturated carbocycles. The predicted molar refractivity (Wildman–Crippen MR) is 88.9 cm³/mol. The van der Waals surface area contributed by atoms with Crippen LogP contribution in [0.1, 0.15) is 45.1 Å². The summed E-state index contributed by atoms with van der Waals surface area (Å²) in [6.45, 7) is 11.0. The molecule has 0 radical (unpaired) electrons. The van der Waals surface area contributed by atoms with E-state index in [0.29, 0.717) is 6.04 Å². The first-order valence-electron chi connectivity index (χ1n) is 8.29. The second-order valence-corrected chi connectivity index (χ2v) is 5.91. The summed E-state index contributed by atoms with van der Waals surface area (Å²) in [6.07, 6.45) is 6.62. The lowest BCUT2D eigenvalue weighted by molar-refractivity contribution is 0.219. The number of hydrogen-bond donors (Lipinski definition) is 2. The molecule has 1 fully saturated rings. The second-order valence-electron chi connectivity index (χ2n) is 5.91. The molecule has 1 aliphatic rings. The van der Waals surface area contributed by atoms with Crippen molar-refractivity contribution in [3.8, 4) is 0 Å². The molecule has 1 aromatic heterocycles. The van der Waals surface area contributed by atoms with Gasteiger partial charge in [0.2, 0.25) is 5.95 Å². The first-order chi connectivity index (χ1) is 10.2. The summed E-state index contributed by atoms with van der Waals surface area (Å²) in [4.78, 5) is 11.5. The van der Waals surface area contributed by atoms with Gasteiger partial charge in [-0.05, 0) is 39.2 Å². The Hall–Kier alpha value is -1.36. The van der Waals surface area contributed by atoms with Gasteiger partial charge in [-0.1, -0.05) is 13.8 Å². The van der Waals surface area contributed by atoms with E-state index >= 15 is 0 Å². The number of likely N-dealkylation sites (tertiary alicyclic amines) is 1. The number of piperidine rings is 1. The SMILES string of the molecule is CCCNc1ncc(C)c(NC2CCN(CCC)CC2)n1. The third kappa shape index (κ3) is 4.84. The van der Waals surface area contributed by atoms with Gasteiger partial charge >= 0.3 is 0 Å². The molecule has 2 rings (SSSR count). The maximum atomic E-state index is 4.61. The number of aromatic nitrogens is 2. The van der Waals surface area contributed by atoms with Crippen LogP contribution in [0.25, 0.3) is 0 Å². The lowest BCUT2D eigenvalue weighted by Gasteiger charge is -2.32. The summed E-state index contributed by atoms with van der Waals surface area (Å²) in [5.41, 5.74) is 1.12. The first kappa shape index (κ1) is 16.0. The monoisotopic (exact) mass is 291 g/mol. The molecule has 118 valence electrons. The van der Waals surface area contributed by atoms with Gasteiger partial charge in [0.1, 0.15) is 5.82 Å². The Kier molecular flexibility index (Phi) is 6.23. The Morgan fingerprint density at radius 2 is 2.00 bits per heavy atom. The van der Waals surface area contributed by atoms with E-state index in [1.165, 1.54) is 38.9 Å². The Balaban J connectivity index is 1.90. The molecular weight excluding hydrogens is 262 g/mol. The van der Waals surface area contributed by atoms with E-state index in [0.717, 1.165) is 30.3 Å². The van der Waals surface area contributed by atoms with Crippen LogP contribution in [0, 0.1) is 6.92 Å². The van der Waals surface area contributed by atoms with Crippen LogP contribution < -0.4 is 10.6 Å². The Labute approximate surface area is 128 Å². The van der Waals surface area contributed by atoms with E-state index in [1.807, 2.05) is 6.20 Å². The number of hydrogen-bond acceptors (Lipinski definition) is 5. The molecule has 0 bridgehead atoms. The number of nitrogens with one attached hydrogen (secondary N) is 2. The van der Waals surface area contributed by atoms with Gasteiger partial charge < -0.3 is 15.5 Å². The van der Waals surface area contributed by atoms with E-state index in [4.69, 9.17) is 0 Å². The van der Waals surface area contributed by atoms with Gasteiger partial charge in [0, 0.05) is 37.4 Å². The molecule has 0 spiro atoms. The molecule has 0 aromatic carbocycles. The standard InChI is InChI=1S/C16H29N5/c1-4-8-17-16-18-12-13(3)15(20-16)19-14-6-10-21(9-5-2)11-7-14/h12,14H,4-11H2,1-3H3,(H2,17,18,19,20). The zero-order chi connectivity index (χ0) is 15.1. The van der Waals surface area contributed by atoms with Crippen molar-refractivity contribution in [1.29, 1.82) is 0 Å². The van der Waals surface area contributed by atoms with Crippen LogP contribution in [-0.4, -0.2) is 47.1 Å². The molecule has 1 aliphatic heterocycles. The van der Waals surface area contributed by atoms with E-state index in [9.17, 15) is 0 Å². The molecule has 21 heavy (non-hydrogen) atoms. The average molecular weight is 291 g/mol. The Bertz CT molecular complexity index is 427. The fraction of sp³-hybridized carbons (Fsp3) is 0.750. The van der Waals surface area contributed by atoms with Crippen molar-refractivity contribution in [3.05, 3.63) is 11.8 Å². The summed E-state index contributed by atoms with van der Waals surface area (Å²) in [6, 6.07) is 0.533. The highest BCUT2D eigenvalue weighted by molar-refractivity contribution is 5.47. The van der Waals surface area contributed by atoms with Crippen LogP contribution in [0.5, 0.6) is 0 Å². The number of rotatable bonds is 7. The Morgan fingerprint density at radius 1 is 1.24 bits per heavy atom. The molecule has 2 heterocycles. The lowest BCUT2D eigenvalue weighted by atomic mass is 10.0. The van der Waals surface area contributed by atoms with Crippen molar-refractivity contribution in [2.45, 2.75) is 52.5 Å². The highest BCUT2D eigenvalue weighted by Gasteiger charge is 2.19. The van der Waals surface area contributed by atoms with Gasteiger partial charge in [0.15, 0.2) is 0 Å². The highest BCUT2D eigenvalue weighted by atomic mass is 15.2. The van der Waals surface area contributed by atoms with Crippen molar-refractivity contribution in [2.24, 2.45) is 0 Å². The molecule has 0 aliphatic carbocycles. The summed E-state index contributed by atoms with van der Waals surface area (Å²) in [7, 11) is 0. The van der Waals surface area contributed by atoms with Crippen LogP contribution in [0.2, 0.25) is 0 Å². The summed E-state index contributed by atoms with van der Waals surface area (Å²) < 4.78 is 0. The molecular formula is C16H29N5. The van der Waals surface area contributed by atoms with Crippen molar-refractivity contribution < 1.29 is 0 Å². The smallest absolute Gasteiger partial charge is 0.224 e. The van der Waals surface area contributed by atoms with Crippen molar-refractivity contribution in [3.63, 3.8) is 0 Å². The van der Waals surface area contributed by atoms with Crippen LogP contribution in [0.15, 0.2) is 6.20 Å². The molecule has 0 amide bonds. The fourth-order valence-corrected chi connectivity index (χ4v) is 2.72. The molecule has 5 heteroatoms. The second kappa shape index (κ2) is 8.17. The molecule has 0 atom stereocenters. The van der Waals surface area contributed by atoms with E-state index in [1.54, 1.807) is 0 Å². The van der Waals surface area contributed by atoms with E-state index in [-0.39, 0.29) is 0 Å². The largest absolute Gasteiger partial charge is 0.367 e. The molecule has 5 nitrogen and oxygen atoms in total. The molecule has 1 saturated heterocycles. The minimum Gasteiger partial charge on any atom is -0.367 e. The van der Waals surface area contributed by atoms with Gasteiger partial charge in [0.05, 0.1) is 0 Å². The molecule has 1 aromatic rings. The third-order valence-electron chi connectivity index (χ3n) is 3.97. The minimum absolute atomic E-state index is 0.533. The maximum absolute atomic E-state index is 4.61. The van der Waals surface area contributed by atoms with Crippen LogP contribution in [-0.2, 0) is 0 Å². The van der Waals surface area contributed by atoms with Crippen molar-refractivity contribution in [2.75, 3.05) is 36.8 Å². The predicted octanol–water partition coefficient (Wildman–Crippen LogP) is 2.89. The topological polar surface area (TPSA) is 53.1 Å². The molecule has 2 N–H and O–H groups in total. The van der Waals surface area contributed by atoms with Crippen molar-refractivity contribution in [1.82, 2.24) is 14.9 Å². The lowest BCUT2D eigenvalue weighted by Crippen LogP contribution is -2.39. The van der Waals surface area contributed by atoms with Gasteiger partial charge in [-0.2, -0.15) is 4.98 Å². The fourth-order valence-electron chi connectivity index (χ4n) is 2.72.